The number of amides is 1. The fourth-order valence-corrected chi connectivity index (χ4v) is 2.90. The highest BCUT2D eigenvalue weighted by Crippen LogP contribution is 2.24. The molecule has 0 heterocycles. The van der Waals surface area contributed by atoms with Crippen LogP contribution in [-0.2, 0) is 9.05 Å². The highest BCUT2D eigenvalue weighted by molar-refractivity contribution is 8.13. The number of halogens is 2. The van der Waals surface area contributed by atoms with Crippen molar-refractivity contribution in [3.8, 4) is 0 Å². The minimum absolute atomic E-state index is 0.0294. The van der Waals surface area contributed by atoms with Crippen LogP contribution in [0.3, 0.4) is 0 Å². The Kier molecular flexibility index (Phi) is 4.92. The summed E-state index contributed by atoms with van der Waals surface area (Å²) in [7, 11) is 2.71. The molecule has 0 aliphatic heterocycles. The van der Waals surface area contributed by atoms with Crippen LogP contribution in [-0.4, -0.2) is 32.8 Å². The van der Waals surface area contributed by atoms with E-state index >= 15 is 0 Å². The maximum Gasteiger partial charge on any atom is 0.261 e. The number of nitrogens with zero attached hydrogens (tertiary/aromatic N) is 1. The Balaban J connectivity index is 3.33. The second kappa shape index (κ2) is 5.88. The van der Waals surface area contributed by atoms with Crippen LogP contribution in [0.5, 0.6) is 0 Å². The van der Waals surface area contributed by atoms with Crippen molar-refractivity contribution in [2.24, 2.45) is 0 Å². The zero-order valence-corrected chi connectivity index (χ0v) is 12.5. The molecule has 0 aliphatic carbocycles. The van der Waals surface area contributed by atoms with Crippen molar-refractivity contribution in [1.29, 1.82) is 0 Å². The molecule has 19 heavy (non-hydrogen) atoms. The normalized spacial score (nSPS) is 11.4. The van der Waals surface area contributed by atoms with E-state index in [1.165, 1.54) is 11.8 Å². The summed E-state index contributed by atoms with van der Waals surface area (Å²) in [5.41, 5.74) is -0.122. The summed E-state index contributed by atoms with van der Waals surface area (Å²) < 4.78 is 36.4. The molecule has 4 nitrogen and oxygen atoms in total. The van der Waals surface area contributed by atoms with Crippen LogP contribution in [0.2, 0.25) is 0 Å². The van der Waals surface area contributed by atoms with Gasteiger partial charge in [0.2, 0.25) is 0 Å². The van der Waals surface area contributed by atoms with Crippen LogP contribution in [0.15, 0.2) is 17.0 Å². The van der Waals surface area contributed by atoms with Gasteiger partial charge in [-0.15, -0.1) is 0 Å². The molecule has 1 amide bonds. The van der Waals surface area contributed by atoms with Gasteiger partial charge < -0.3 is 4.90 Å². The van der Waals surface area contributed by atoms with Crippen LogP contribution in [0.25, 0.3) is 0 Å². The molecular formula is C12H15ClFNO3S. The molecule has 0 radical (unpaired) electrons. The zero-order valence-electron chi connectivity index (χ0n) is 10.9. The van der Waals surface area contributed by atoms with Gasteiger partial charge >= 0.3 is 0 Å². The molecule has 0 aromatic heterocycles. The van der Waals surface area contributed by atoms with Gasteiger partial charge in [0.1, 0.15) is 5.82 Å². The fraction of sp³-hybridized carbons (Fsp3) is 0.417. The smallest absolute Gasteiger partial charge is 0.261 e. The first kappa shape index (κ1) is 15.9. The summed E-state index contributed by atoms with van der Waals surface area (Å²) in [6.45, 7) is 3.69. The Morgan fingerprint density at radius 3 is 2.47 bits per heavy atom. The van der Waals surface area contributed by atoms with Gasteiger partial charge in [0, 0.05) is 35.4 Å². The monoisotopic (exact) mass is 307 g/mol. The first-order valence-corrected chi connectivity index (χ1v) is 7.99. The quantitative estimate of drug-likeness (QED) is 0.803. The number of carbonyl (C=O) groups is 1. The molecule has 0 aliphatic rings. The molecule has 0 spiro atoms. The molecule has 0 fully saturated rings. The molecule has 0 atom stereocenters. The Labute approximate surface area is 116 Å². The average molecular weight is 308 g/mol. The number of hydrogen-bond donors (Lipinski definition) is 0. The highest BCUT2D eigenvalue weighted by Gasteiger charge is 2.21. The zero-order chi connectivity index (χ0) is 14.8. The molecule has 1 rings (SSSR count). The molecular weight excluding hydrogens is 293 g/mol. The van der Waals surface area contributed by atoms with Gasteiger partial charge in [-0.2, -0.15) is 0 Å². The van der Waals surface area contributed by atoms with Crippen molar-refractivity contribution in [1.82, 2.24) is 4.90 Å². The number of hydrogen-bond acceptors (Lipinski definition) is 3. The van der Waals surface area contributed by atoms with E-state index in [9.17, 15) is 17.6 Å². The van der Waals surface area contributed by atoms with Crippen LogP contribution < -0.4 is 0 Å². The third-order valence-electron chi connectivity index (χ3n) is 2.71. The van der Waals surface area contributed by atoms with Crippen molar-refractivity contribution in [3.05, 3.63) is 29.1 Å². The average Bonchev–Trinajstić information content (AvgIpc) is 2.30. The van der Waals surface area contributed by atoms with Gasteiger partial charge in [-0.05, 0) is 25.5 Å². The van der Waals surface area contributed by atoms with Crippen LogP contribution in [0.1, 0.15) is 29.3 Å². The summed E-state index contributed by atoms with van der Waals surface area (Å²) in [4.78, 5) is 13.0. The van der Waals surface area contributed by atoms with E-state index in [2.05, 4.69) is 0 Å². The van der Waals surface area contributed by atoms with E-state index in [0.717, 1.165) is 18.6 Å². The minimum atomic E-state index is -4.09. The second-order valence-electron chi connectivity index (χ2n) is 4.25. The lowest BCUT2D eigenvalue weighted by Gasteiger charge is -2.17. The third kappa shape index (κ3) is 3.67. The van der Waals surface area contributed by atoms with Gasteiger partial charge in [-0.25, -0.2) is 12.8 Å². The van der Waals surface area contributed by atoms with Crippen molar-refractivity contribution < 1.29 is 17.6 Å². The van der Waals surface area contributed by atoms with E-state index in [1.54, 1.807) is 7.05 Å². The Morgan fingerprint density at radius 1 is 1.42 bits per heavy atom. The Morgan fingerprint density at radius 2 is 2.00 bits per heavy atom. The molecule has 0 bridgehead atoms. The Hall–Kier alpha value is -1.14. The minimum Gasteiger partial charge on any atom is -0.342 e. The molecule has 1 aromatic rings. The number of carbonyl (C=O) groups excluding carboxylic acids is 1. The maximum absolute atomic E-state index is 13.7. The van der Waals surface area contributed by atoms with E-state index < -0.39 is 20.8 Å². The molecule has 0 saturated heterocycles. The van der Waals surface area contributed by atoms with Gasteiger partial charge in [-0.1, -0.05) is 6.92 Å². The summed E-state index contributed by atoms with van der Waals surface area (Å²) >= 11 is 0. The van der Waals surface area contributed by atoms with Crippen LogP contribution in [0, 0.1) is 12.7 Å². The first-order valence-electron chi connectivity index (χ1n) is 5.68. The molecule has 0 unspecified atom stereocenters. The topological polar surface area (TPSA) is 54.5 Å². The van der Waals surface area contributed by atoms with Gasteiger partial charge in [0.25, 0.3) is 15.0 Å². The Bertz CT molecular complexity index is 601. The van der Waals surface area contributed by atoms with Gasteiger partial charge in [0.15, 0.2) is 0 Å². The second-order valence-corrected chi connectivity index (χ2v) is 6.78. The first-order chi connectivity index (χ1) is 8.68. The largest absolute Gasteiger partial charge is 0.342 e. The van der Waals surface area contributed by atoms with E-state index in [0.29, 0.717) is 6.54 Å². The SMILES string of the molecule is CCCN(C)C(=O)c1cc(F)c(C)c(S(=O)(=O)Cl)c1. The predicted molar refractivity (Wildman–Crippen MR) is 71.4 cm³/mol. The van der Waals surface area contributed by atoms with E-state index in [4.69, 9.17) is 10.7 Å². The lowest BCUT2D eigenvalue weighted by Crippen LogP contribution is -2.27. The molecule has 0 N–H and O–H groups in total. The molecule has 106 valence electrons. The summed E-state index contributed by atoms with van der Waals surface area (Å²) in [6.07, 6.45) is 0.747. The highest BCUT2D eigenvalue weighted by atomic mass is 35.7. The summed E-state index contributed by atoms with van der Waals surface area (Å²) in [6, 6.07) is 2.13. The van der Waals surface area contributed by atoms with Crippen molar-refractivity contribution in [2.75, 3.05) is 13.6 Å². The fourth-order valence-electron chi connectivity index (χ4n) is 1.69. The summed E-state index contributed by atoms with van der Waals surface area (Å²) in [5.74, 6) is -1.21. The standard InChI is InChI=1S/C12H15ClFNO3S/c1-4-5-15(3)12(16)9-6-10(14)8(2)11(7-9)19(13,17)18/h6-7H,4-5H2,1-3H3. The van der Waals surface area contributed by atoms with E-state index in [-0.39, 0.29) is 16.0 Å². The number of benzene rings is 1. The summed E-state index contributed by atoms with van der Waals surface area (Å²) in [5, 5.41) is 0. The van der Waals surface area contributed by atoms with Crippen LogP contribution >= 0.6 is 10.7 Å². The molecule has 7 heteroatoms. The predicted octanol–water partition coefficient (Wildman–Crippen LogP) is 2.54. The van der Waals surface area contributed by atoms with Gasteiger partial charge in [-0.3, -0.25) is 4.79 Å². The maximum atomic E-state index is 13.7. The molecule has 1 aromatic carbocycles. The lowest BCUT2D eigenvalue weighted by molar-refractivity contribution is 0.0794. The van der Waals surface area contributed by atoms with Crippen molar-refractivity contribution >= 4 is 25.6 Å². The lowest BCUT2D eigenvalue weighted by atomic mass is 10.1. The van der Waals surface area contributed by atoms with Crippen molar-refractivity contribution in [2.45, 2.75) is 25.2 Å². The van der Waals surface area contributed by atoms with Crippen molar-refractivity contribution in [3.63, 3.8) is 0 Å². The van der Waals surface area contributed by atoms with Crippen LogP contribution in [0.4, 0.5) is 4.39 Å². The van der Waals surface area contributed by atoms with Gasteiger partial charge in [0.05, 0.1) is 4.90 Å². The number of rotatable bonds is 4. The van der Waals surface area contributed by atoms with E-state index in [1.807, 2.05) is 6.92 Å². The third-order valence-corrected chi connectivity index (χ3v) is 4.16. The molecule has 0 saturated carbocycles.